The second-order valence-electron chi connectivity index (χ2n) is 4.69. The summed E-state index contributed by atoms with van der Waals surface area (Å²) in [4.78, 5) is 0. The summed E-state index contributed by atoms with van der Waals surface area (Å²) in [6.45, 7) is 0. The van der Waals surface area contributed by atoms with Gasteiger partial charge in [-0.05, 0) is 42.5 Å². The van der Waals surface area contributed by atoms with Gasteiger partial charge in [0.15, 0.2) is 0 Å². The van der Waals surface area contributed by atoms with Gasteiger partial charge >= 0.3 is 0 Å². The molecule has 0 saturated heterocycles. The third kappa shape index (κ3) is 4.24. The van der Waals surface area contributed by atoms with E-state index in [4.69, 9.17) is 28.9 Å². The normalized spacial score (nSPS) is 12.4. The largest absolute Gasteiger partial charge is 0.327 e. The van der Waals surface area contributed by atoms with Crippen molar-refractivity contribution in [2.45, 2.75) is 25.3 Å². The maximum Gasteiger partial charge on any atom is 0.0453 e. The average Bonchev–Trinajstić information content (AvgIpc) is 2.42. The van der Waals surface area contributed by atoms with Crippen LogP contribution in [0, 0.1) is 0 Å². The summed E-state index contributed by atoms with van der Waals surface area (Å²) in [5.41, 5.74) is 8.43. The Bertz CT molecular complexity index is 505. The molecule has 0 heterocycles. The van der Waals surface area contributed by atoms with E-state index in [9.17, 15) is 0 Å². The van der Waals surface area contributed by atoms with Crippen molar-refractivity contribution in [3.63, 3.8) is 0 Å². The van der Waals surface area contributed by atoms with Gasteiger partial charge in [-0.25, -0.2) is 0 Å². The van der Waals surface area contributed by atoms with E-state index < -0.39 is 0 Å². The minimum atomic E-state index is 0.0672. The summed E-state index contributed by atoms with van der Waals surface area (Å²) in [7, 11) is 0. The zero-order valence-corrected chi connectivity index (χ0v) is 12.2. The van der Waals surface area contributed by atoms with E-state index in [-0.39, 0.29) is 6.04 Å². The highest BCUT2D eigenvalue weighted by molar-refractivity contribution is 6.35. The number of nitrogens with two attached hydrogens (primary N) is 1. The number of benzene rings is 2. The summed E-state index contributed by atoms with van der Waals surface area (Å²) in [6, 6.07) is 16.0. The van der Waals surface area contributed by atoms with E-state index in [0.29, 0.717) is 16.5 Å². The van der Waals surface area contributed by atoms with E-state index in [1.54, 1.807) is 0 Å². The Hall–Kier alpha value is -1.02. The van der Waals surface area contributed by atoms with Crippen LogP contribution < -0.4 is 5.73 Å². The molecule has 0 aliphatic rings. The zero-order chi connectivity index (χ0) is 13.7. The fourth-order valence-corrected chi connectivity index (χ4v) is 2.64. The van der Waals surface area contributed by atoms with Crippen molar-refractivity contribution in [1.82, 2.24) is 0 Å². The molecule has 0 bridgehead atoms. The van der Waals surface area contributed by atoms with Gasteiger partial charge in [0.05, 0.1) is 0 Å². The fraction of sp³-hybridized carbons (Fsp3) is 0.250. The molecule has 2 aromatic carbocycles. The second-order valence-corrected chi connectivity index (χ2v) is 5.50. The van der Waals surface area contributed by atoms with E-state index in [0.717, 1.165) is 18.4 Å². The average molecular weight is 294 g/mol. The van der Waals surface area contributed by atoms with Crippen molar-refractivity contribution in [3.8, 4) is 0 Å². The third-order valence-electron chi connectivity index (χ3n) is 3.17. The van der Waals surface area contributed by atoms with Crippen molar-refractivity contribution in [2.24, 2.45) is 5.73 Å². The lowest BCUT2D eigenvalue weighted by Gasteiger charge is -2.14. The van der Waals surface area contributed by atoms with Crippen LogP contribution >= 0.6 is 23.2 Å². The van der Waals surface area contributed by atoms with Crippen LogP contribution in [0.4, 0.5) is 0 Å². The Kier molecular flexibility index (Phi) is 5.26. The van der Waals surface area contributed by atoms with E-state index in [1.807, 2.05) is 36.4 Å². The number of hydrogen-bond donors (Lipinski definition) is 1. The predicted molar refractivity (Wildman–Crippen MR) is 82.9 cm³/mol. The molecule has 0 saturated carbocycles. The van der Waals surface area contributed by atoms with Gasteiger partial charge in [0.25, 0.3) is 0 Å². The summed E-state index contributed by atoms with van der Waals surface area (Å²) >= 11 is 12.3. The Morgan fingerprint density at radius 2 is 1.53 bits per heavy atom. The Morgan fingerprint density at radius 1 is 0.895 bits per heavy atom. The van der Waals surface area contributed by atoms with Gasteiger partial charge in [-0.1, -0.05) is 59.6 Å². The lowest BCUT2D eigenvalue weighted by atomic mass is 10.00. The highest BCUT2D eigenvalue weighted by Gasteiger charge is 2.10. The first-order valence-corrected chi connectivity index (χ1v) is 7.15. The summed E-state index contributed by atoms with van der Waals surface area (Å²) in [5, 5.41) is 1.39. The smallest absolute Gasteiger partial charge is 0.0453 e. The molecule has 3 heteroatoms. The zero-order valence-electron chi connectivity index (χ0n) is 10.7. The summed E-state index contributed by atoms with van der Waals surface area (Å²) in [6.07, 6.45) is 2.61. The Balaban J connectivity index is 1.93. The monoisotopic (exact) mass is 293 g/mol. The van der Waals surface area contributed by atoms with Crippen molar-refractivity contribution in [1.29, 1.82) is 0 Å². The van der Waals surface area contributed by atoms with Gasteiger partial charge in [-0.15, -0.1) is 0 Å². The molecule has 0 aliphatic heterocycles. The first-order chi connectivity index (χ1) is 9.16. The first kappa shape index (κ1) is 14.4. The number of halogens is 2. The molecule has 0 aromatic heterocycles. The van der Waals surface area contributed by atoms with Crippen LogP contribution in [-0.2, 0) is 12.8 Å². The Morgan fingerprint density at radius 3 is 2.16 bits per heavy atom. The molecular weight excluding hydrogens is 277 g/mol. The van der Waals surface area contributed by atoms with Gasteiger partial charge in [-0.2, -0.15) is 0 Å². The van der Waals surface area contributed by atoms with E-state index in [2.05, 4.69) is 12.1 Å². The molecule has 1 atom stereocenters. The predicted octanol–water partition coefficient (Wildman–Crippen LogP) is 4.50. The number of hydrogen-bond acceptors (Lipinski definition) is 1. The lowest BCUT2D eigenvalue weighted by molar-refractivity contribution is 0.610. The SMILES string of the molecule is NC(CCc1ccccc1)Cc1c(Cl)cccc1Cl. The van der Waals surface area contributed by atoms with Gasteiger partial charge in [-0.3, -0.25) is 0 Å². The van der Waals surface area contributed by atoms with Crippen molar-refractivity contribution in [2.75, 3.05) is 0 Å². The van der Waals surface area contributed by atoms with Crippen molar-refractivity contribution < 1.29 is 0 Å². The molecular formula is C16H17Cl2N. The topological polar surface area (TPSA) is 26.0 Å². The van der Waals surface area contributed by atoms with Crippen LogP contribution in [0.2, 0.25) is 10.0 Å². The van der Waals surface area contributed by atoms with Gasteiger partial charge < -0.3 is 5.73 Å². The minimum Gasteiger partial charge on any atom is -0.327 e. The van der Waals surface area contributed by atoms with Crippen LogP contribution in [0.5, 0.6) is 0 Å². The molecule has 2 rings (SSSR count). The minimum absolute atomic E-state index is 0.0672. The highest BCUT2D eigenvalue weighted by Crippen LogP contribution is 2.25. The quantitative estimate of drug-likeness (QED) is 0.863. The van der Waals surface area contributed by atoms with Crippen molar-refractivity contribution >= 4 is 23.2 Å². The molecule has 1 nitrogen and oxygen atoms in total. The second kappa shape index (κ2) is 6.95. The lowest BCUT2D eigenvalue weighted by Crippen LogP contribution is -2.23. The fourth-order valence-electron chi connectivity index (χ4n) is 2.09. The number of rotatable bonds is 5. The molecule has 0 radical (unpaired) electrons. The third-order valence-corrected chi connectivity index (χ3v) is 3.88. The maximum atomic E-state index is 6.17. The van der Waals surface area contributed by atoms with E-state index in [1.165, 1.54) is 5.56 Å². The molecule has 0 spiro atoms. The van der Waals surface area contributed by atoms with Crippen molar-refractivity contribution in [3.05, 3.63) is 69.7 Å². The molecule has 2 N–H and O–H groups in total. The molecule has 2 aromatic rings. The van der Waals surface area contributed by atoms with E-state index >= 15 is 0 Å². The molecule has 0 aliphatic carbocycles. The van der Waals surface area contributed by atoms with Crippen LogP contribution in [0.25, 0.3) is 0 Å². The standard InChI is InChI=1S/C16H17Cl2N/c17-15-7-4-8-16(18)14(15)11-13(19)10-9-12-5-2-1-3-6-12/h1-8,13H,9-11,19H2. The van der Waals surface area contributed by atoms with Crippen LogP contribution in [0.1, 0.15) is 17.5 Å². The van der Waals surface area contributed by atoms with Crippen LogP contribution in [0.15, 0.2) is 48.5 Å². The molecule has 19 heavy (non-hydrogen) atoms. The molecule has 1 unspecified atom stereocenters. The summed E-state index contributed by atoms with van der Waals surface area (Å²) < 4.78 is 0. The van der Waals surface area contributed by atoms with Crippen LogP contribution in [0.3, 0.4) is 0 Å². The number of aryl methyl sites for hydroxylation is 1. The Labute approximate surface area is 124 Å². The first-order valence-electron chi connectivity index (χ1n) is 6.39. The highest BCUT2D eigenvalue weighted by atomic mass is 35.5. The van der Waals surface area contributed by atoms with Crippen LogP contribution in [-0.4, -0.2) is 6.04 Å². The summed E-state index contributed by atoms with van der Waals surface area (Å²) in [5.74, 6) is 0. The van der Waals surface area contributed by atoms with Gasteiger partial charge in [0.2, 0.25) is 0 Å². The van der Waals surface area contributed by atoms with Gasteiger partial charge in [0.1, 0.15) is 0 Å². The van der Waals surface area contributed by atoms with Gasteiger partial charge in [0, 0.05) is 16.1 Å². The molecule has 0 amide bonds. The molecule has 0 fully saturated rings. The maximum absolute atomic E-state index is 6.17. The molecule has 100 valence electrons.